The van der Waals surface area contributed by atoms with Gasteiger partial charge in [0, 0.05) is 48.9 Å². The van der Waals surface area contributed by atoms with E-state index < -0.39 is 6.10 Å². The van der Waals surface area contributed by atoms with Gasteiger partial charge < -0.3 is 19.1 Å². The highest BCUT2D eigenvalue weighted by Gasteiger charge is 2.21. The van der Waals surface area contributed by atoms with Crippen molar-refractivity contribution in [3.05, 3.63) is 65.0 Å². The van der Waals surface area contributed by atoms with Crippen molar-refractivity contribution in [2.45, 2.75) is 19.3 Å². The van der Waals surface area contributed by atoms with Gasteiger partial charge in [-0.3, -0.25) is 9.80 Å². The fourth-order valence-corrected chi connectivity index (χ4v) is 3.96. The molecule has 1 aliphatic rings. The largest absolute Gasteiger partial charge is 0.496 e. The predicted molar refractivity (Wildman–Crippen MR) is 125 cm³/mol. The topological polar surface area (TPSA) is 84.1 Å². The van der Waals surface area contributed by atoms with Gasteiger partial charge in [0.1, 0.15) is 5.75 Å². The number of halogens is 1. The van der Waals surface area contributed by atoms with Crippen LogP contribution < -0.4 is 4.74 Å². The molecule has 2 heterocycles. The van der Waals surface area contributed by atoms with E-state index in [1.807, 2.05) is 48.5 Å². The highest BCUT2D eigenvalue weighted by molar-refractivity contribution is 6.30. The molecule has 1 aromatic heterocycles. The fourth-order valence-electron chi connectivity index (χ4n) is 3.83. The summed E-state index contributed by atoms with van der Waals surface area (Å²) in [4.78, 5) is 9.03. The Balaban J connectivity index is 1.17. The number of aliphatic hydroxyl groups is 1. The Kier molecular flexibility index (Phi) is 8.30. The Labute approximate surface area is 198 Å². The Morgan fingerprint density at radius 1 is 1.06 bits per heavy atom. The summed E-state index contributed by atoms with van der Waals surface area (Å²) in [6.07, 6.45) is -0.538. The van der Waals surface area contributed by atoms with Crippen LogP contribution in [0.15, 0.2) is 53.1 Å². The summed E-state index contributed by atoms with van der Waals surface area (Å²) >= 11 is 5.94. The zero-order chi connectivity index (χ0) is 23.0. The number of hydrogen-bond acceptors (Lipinski definition) is 8. The van der Waals surface area contributed by atoms with Gasteiger partial charge in [-0.25, -0.2) is 0 Å². The Morgan fingerprint density at radius 3 is 2.55 bits per heavy atom. The van der Waals surface area contributed by atoms with Crippen LogP contribution in [0, 0.1) is 0 Å². The van der Waals surface area contributed by atoms with E-state index in [1.165, 1.54) is 0 Å². The number of piperazine rings is 1. The van der Waals surface area contributed by atoms with E-state index in [9.17, 15) is 5.11 Å². The third-order valence-corrected chi connectivity index (χ3v) is 5.88. The number of aromatic nitrogens is 2. The monoisotopic (exact) mass is 472 g/mol. The first-order valence-corrected chi connectivity index (χ1v) is 11.4. The van der Waals surface area contributed by atoms with Crippen LogP contribution >= 0.6 is 11.6 Å². The fraction of sp³-hybridized carbons (Fsp3) is 0.417. The molecule has 1 N–H and O–H groups in total. The molecular formula is C24H29ClN4O4. The minimum atomic E-state index is -0.538. The quantitative estimate of drug-likeness (QED) is 0.482. The van der Waals surface area contributed by atoms with Crippen LogP contribution in [-0.4, -0.2) is 77.6 Å². The number of benzene rings is 2. The third-order valence-electron chi connectivity index (χ3n) is 5.62. The minimum absolute atomic E-state index is 0.285. The second-order valence-corrected chi connectivity index (χ2v) is 8.51. The first-order chi connectivity index (χ1) is 16.1. The van der Waals surface area contributed by atoms with Crippen molar-refractivity contribution in [2.24, 2.45) is 0 Å². The lowest BCUT2D eigenvalue weighted by Gasteiger charge is -2.34. The molecule has 4 rings (SSSR count). The zero-order valence-electron chi connectivity index (χ0n) is 18.7. The van der Waals surface area contributed by atoms with Crippen molar-refractivity contribution >= 4 is 11.6 Å². The number of para-hydroxylation sites is 1. The van der Waals surface area contributed by atoms with Crippen LogP contribution in [0.2, 0.25) is 5.02 Å². The van der Waals surface area contributed by atoms with Crippen molar-refractivity contribution in [3.63, 3.8) is 0 Å². The second-order valence-electron chi connectivity index (χ2n) is 8.08. The summed E-state index contributed by atoms with van der Waals surface area (Å²) in [5.41, 5.74) is 1.85. The van der Waals surface area contributed by atoms with Gasteiger partial charge in [0.05, 0.1) is 33.0 Å². The maximum Gasteiger partial charge on any atom is 0.241 e. The average molecular weight is 473 g/mol. The maximum absolute atomic E-state index is 10.4. The van der Waals surface area contributed by atoms with Crippen LogP contribution in [0.3, 0.4) is 0 Å². The first-order valence-electron chi connectivity index (χ1n) is 11.0. The Bertz CT molecular complexity index is 1010. The van der Waals surface area contributed by atoms with Crippen LogP contribution in [0.1, 0.15) is 11.5 Å². The molecule has 3 aromatic rings. The molecule has 0 spiro atoms. The Hall–Kier alpha value is -2.49. The molecule has 33 heavy (non-hydrogen) atoms. The summed E-state index contributed by atoms with van der Waals surface area (Å²) in [7, 11) is 1.64. The van der Waals surface area contributed by atoms with Crippen molar-refractivity contribution in [3.8, 4) is 17.1 Å². The smallest absolute Gasteiger partial charge is 0.241 e. The maximum atomic E-state index is 10.4. The number of aliphatic hydroxyl groups excluding tert-OH is 1. The highest BCUT2D eigenvalue weighted by atomic mass is 35.5. The molecule has 9 heteroatoms. The molecule has 8 nitrogen and oxygen atoms in total. The van der Waals surface area contributed by atoms with Crippen molar-refractivity contribution in [1.29, 1.82) is 0 Å². The van der Waals surface area contributed by atoms with E-state index in [-0.39, 0.29) is 6.61 Å². The summed E-state index contributed by atoms with van der Waals surface area (Å²) < 4.78 is 16.5. The molecule has 1 atom stereocenters. The molecule has 176 valence electrons. The lowest BCUT2D eigenvalue weighted by molar-refractivity contribution is -0.000123. The van der Waals surface area contributed by atoms with Gasteiger partial charge in [-0.1, -0.05) is 35.0 Å². The summed E-state index contributed by atoms with van der Waals surface area (Å²) in [6, 6.07) is 15.1. The SMILES string of the molecule is COc1ccccc1COCC(O)CN1CCN(Cc2nc(-c3ccc(Cl)cc3)no2)CC1. The van der Waals surface area contributed by atoms with Crippen LogP contribution in [0.25, 0.3) is 11.4 Å². The third kappa shape index (κ3) is 6.75. The van der Waals surface area contributed by atoms with E-state index in [1.54, 1.807) is 7.11 Å². The number of rotatable bonds is 10. The van der Waals surface area contributed by atoms with Gasteiger partial charge in [-0.15, -0.1) is 0 Å². The zero-order valence-corrected chi connectivity index (χ0v) is 19.4. The molecule has 1 saturated heterocycles. The molecule has 0 saturated carbocycles. The van der Waals surface area contributed by atoms with Gasteiger partial charge >= 0.3 is 0 Å². The summed E-state index contributed by atoms with van der Waals surface area (Å²) in [6.45, 7) is 5.36. The van der Waals surface area contributed by atoms with Crippen LogP contribution in [0.4, 0.5) is 0 Å². The lowest BCUT2D eigenvalue weighted by atomic mass is 10.2. The van der Waals surface area contributed by atoms with E-state index in [0.29, 0.717) is 36.4 Å². The summed E-state index contributed by atoms with van der Waals surface area (Å²) in [5.74, 6) is 1.96. The molecule has 0 bridgehead atoms. The van der Waals surface area contributed by atoms with E-state index >= 15 is 0 Å². The predicted octanol–water partition coefficient (Wildman–Crippen LogP) is 3.09. The second kappa shape index (κ2) is 11.6. The lowest BCUT2D eigenvalue weighted by Crippen LogP contribution is -2.48. The van der Waals surface area contributed by atoms with E-state index in [2.05, 4.69) is 19.9 Å². The van der Waals surface area contributed by atoms with Crippen LogP contribution in [0.5, 0.6) is 5.75 Å². The molecule has 1 fully saturated rings. The molecule has 2 aromatic carbocycles. The molecular weight excluding hydrogens is 444 g/mol. The number of methoxy groups -OCH3 is 1. The van der Waals surface area contributed by atoms with Gasteiger partial charge in [-0.05, 0) is 30.3 Å². The highest BCUT2D eigenvalue weighted by Crippen LogP contribution is 2.20. The number of nitrogens with zero attached hydrogens (tertiary/aromatic N) is 4. The van der Waals surface area contributed by atoms with Gasteiger partial charge in [-0.2, -0.15) is 4.98 Å². The summed E-state index contributed by atoms with van der Waals surface area (Å²) in [5, 5.41) is 15.1. The normalized spacial score (nSPS) is 16.1. The molecule has 0 radical (unpaired) electrons. The molecule has 1 unspecified atom stereocenters. The number of ether oxygens (including phenoxy) is 2. The van der Waals surface area contributed by atoms with E-state index in [4.69, 9.17) is 25.6 Å². The van der Waals surface area contributed by atoms with Crippen LogP contribution in [-0.2, 0) is 17.9 Å². The molecule has 0 aliphatic carbocycles. The van der Waals surface area contributed by atoms with E-state index in [0.717, 1.165) is 43.1 Å². The first kappa shape index (κ1) is 23.7. The average Bonchev–Trinajstić information content (AvgIpc) is 3.29. The molecule has 0 amide bonds. The van der Waals surface area contributed by atoms with Crippen molar-refractivity contribution in [2.75, 3.05) is 46.4 Å². The van der Waals surface area contributed by atoms with Crippen molar-refractivity contribution in [1.82, 2.24) is 19.9 Å². The number of hydrogen-bond donors (Lipinski definition) is 1. The number of β-amino-alcohol motifs (C(OH)–C–C–N with tert-alkyl or cyclic N) is 1. The van der Waals surface area contributed by atoms with Crippen molar-refractivity contribution < 1.29 is 19.1 Å². The standard InChI is InChI=1S/C24H29ClN4O4/c1-31-22-5-3-2-4-19(22)16-32-17-21(30)14-28-10-12-29(13-11-28)15-23-26-24(27-33-23)18-6-8-20(25)9-7-18/h2-9,21,30H,10-17H2,1H3. The Morgan fingerprint density at radius 2 is 1.79 bits per heavy atom. The molecule has 1 aliphatic heterocycles. The van der Waals surface area contributed by atoms with Gasteiger partial charge in [0.15, 0.2) is 0 Å². The minimum Gasteiger partial charge on any atom is -0.496 e. The van der Waals surface area contributed by atoms with Gasteiger partial charge in [0.25, 0.3) is 0 Å². The van der Waals surface area contributed by atoms with Gasteiger partial charge in [0.2, 0.25) is 11.7 Å².